The molecule has 2 nitrogen and oxygen atoms in total. The molecule has 0 N–H and O–H groups in total. The molecule has 2 aromatic carbocycles. The summed E-state index contributed by atoms with van der Waals surface area (Å²) in [5.41, 5.74) is 8.51. The van der Waals surface area contributed by atoms with E-state index >= 15 is 0 Å². The molecule has 0 radical (unpaired) electrons. The number of aryl methyl sites for hydroxylation is 4. The van der Waals surface area contributed by atoms with Crippen LogP contribution in [0.15, 0.2) is 46.4 Å². The first-order chi connectivity index (χ1) is 12.9. The molecule has 0 aliphatic carbocycles. The Kier molecular flexibility index (Phi) is 9.91. The molecule has 0 aliphatic rings. The number of hydrogen-bond donors (Lipinski definition) is 0. The molecule has 28 heavy (non-hydrogen) atoms. The second-order valence-electron chi connectivity index (χ2n) is 7.19. The van der Waals surface area contributed by atoms with E-state index in [1.165, 1.54) is 22.3 Å². The Hall–Kier alpha value is -2.17. The second-order valence-corrected chi connectivity index (χ2v) is 7.19. The Morgan fingerprint density at radius 1 is 0.786 bits per heavy atom. The van der Waals surface area contributed by atoms with E-state index in [-0.39, 0.29) is 16.5 Å². The molecule has 150 valence electrons. The Labute approximate surface area is 180 Å². The molecule has 0 saturated heterocycles. The van der Waals surface area contributed by atoms with E-state index in [0.717, 1.165) is 42.1 Å². The van der Waals surface area contributed by atoms with Gasteiger partial charge in [-0.1, -0.05) is 31.4 Å². The van der Waals surface area contributed by atoms with Gasteiger partial charge in [0.15, 0.2) is 0 Å². The summed E-state index contributed by atoms with van der Waals surface area (Å²) in [6.45, 7) is 12.5. The van der Waals surface area contributed by atoms with Gasteiger partial charge in [-0.2, -0.15) is 0 Å². The quantitative estimate of drug-likeness (QED) is 0.275. The van der Waals surface area contributed by atoms with Gasteiger partial charge in [-0.05, 0) is 99.9 Å². The molecule has 0 fully saturated rings. The van der Waals surface area contributed by atoms with Crippen molar-refractivity contribution in [1.82, 2.24) is 0 Å². The van der Waals surface area contributed by atoms with Gasteiger partial charge in [-0.15, -0.1) is 0 Å². The van der Waals surface area contributed by atoms with Crippen molar-refractivity contribution in [2.24, 2.45) is 9.98 Å². The molecule has 0 aliphatic heterocycles. The summed E-state index contributed by atoms with van der Waals surface area (Å²) >= 11 is 0. The fraction of sp³-hybridized carbons (Fsp3) is 0.360. The average molecular weight is 417 g/mol. The third kappa shape index (κ3) is 7.45. The van der Waals surface area contributed by atoms with Crippen molar-refractivity contribution in [1.29, 1.82) is 0 Å². The van der Waals surface area contributed by atoms with Gasteiger partial charge in [0, 0.05) is 16.5 Å². The van der Waals surface area contributed by atoms with E-state index < -0.39 is 0 Å². The second kappa shape index (κ2) is 11.6. The zero-order chi connectivity index (χ0) is 19.8. The van der Waals surface area contributed by atoms with Crippen molar-refractivity contribution in [2.75, 3.05) is 0 Å². The fourth-order valence-corrected chi connectivity index (χ4v) is 3.17. The molecule has 0 atom stereocenters. The number of aliphatic imine (C=N–C) groups is 2. The van der Waals surface area contributed by atoms with Gasteiger partial charge in [-0.3, -0.25) is 4.99 Å². The van der Waals surface area contributed by atoms with Crippen LogP contribution in [0, 0.1) is 39.5 Å². The van der Waals surface area contributed by atoms with Crippen LogP contribution in [-0.2, 0) is 16.5 Å². The molecule has 0 unspecified atom stereocenters. The van der Waals surface area contributed by atoms with E-state index in [2.05, 4.69) is 82.9 Å². The van der Waals surface area contributed by atoms with Crippen LogP contribution in [0.5, 0.6) is 0 Å². The standard InChI is InChI=1S/C25H30N2.Ni/c1-7-9-11-25(27-23-16-20(5)13-21(6)17-23)24(10-8-2)26-22-14-18(3)12-19(4)15-22;/h12-17H,7,9,11H2,1-6H3;/b26-24+,27-25+;. The van der Waals surface area contributed by atoms with Crippen LogP contribution in [-0.4, -0.2) is 11.4 Å². The van der Waals surface area contributed by atoms with Crippen LogP contribution in [0.1, 0.15) is 55.4 Å². The minimum absolute atomic E-state index is 0. The number of nitrogens with zero attached hydrogens (tertiary/aromatic N) is 2. The van der Waals surface area contributed by atoms with Crippen molar-refractivity contribution in [3.8, 4) is 11.8 Å². The Morgan fingerprint density at radius 3 is 1.68 bits per heavy atom. The van der Waals surface area contributed by atoms with Crippen LogP contribution in [0.25, 0.3) is 0 Å². The summed E-state index contributed by atoms with van der Waals surface area (Å²) in [6, 6.07) is 12.8. The average Bonchev–Trinajstić information content (AvgIpc) is 2.56. The predicted octanol–water partition coefficient (Wildman–Crippen LogP) is 6.98. The van der Waals surface area contributed by atoms with Crippen LogP contribution < -0.4 is 0 Å². The number of hydrogen-bond acceptors (Lipinski definition) is 2. The minimum Gasteiger partial charge on any atom is -0.250 e. The molecular formula is C25H30N2Ni. The summed E-state index contributed by atoms with van der Waals surface area (Å²) in [6.07, 6.45) is 3.06. The van der Waals surface area contributed by atoms with E-state index in [9.17, 15) is 0 Å². The van der Waals surface area contributed by atoms with Gasteiger partial charge in [0.1, 0.15) is 5.71 Å². The molecule has 0 saturated carbocycles. The largest absolute Gasteiger partial charge is 0.250 e. The molecule has 0 spiro atoms. The number of benzene rings is 2. The SMILES string of the molecule is CC#CC(=N\c1cc(C)cc(C)c1)/C(CCCC)=N/c1cc(C)cc(C)c1.[Ni]. The smallest absolute Gasteiger partial charge is 0.135 e. The van der Waals surface area contributed by atoms with Gasteiger partial charge in [0.25, 0.3) is 0 Å². The fourth-order valence-electron chi connectivity index (χ4n) is 3.17. The third-order valence-electron chi connectivity index (χ3n) is 4.20. The summed E-state index contributed by atoms with van der Waals surface area (Å²) in [5, 5.41) is 0. The summed E-state index contributed by atoms with van der Waals surface area (Å²) in [5.74, 6) is 6.22. The molecule has 0 bridgehead atoms. The van der Waals surface area contributed by atoms with Crippen molar-refractivity contribution in [3.05, 3.63) is 58.7 Å². The zero-order valence-corrected chi connectivity index (χ0v) is 18.8. The third-order valence-corrected chi connectivity index (χ3v) is 4.20. The van der Waals surface area contributed by atoms with Gasteiger partial charge in [0.05, 0.1) is 17.1 Å². The summed E-state index contributed by atoms with van der Waals surface area (Å²) in [7, 11) is 0. The normalized spacial score (nSPS) is 11.5. The van der Waals surface area contributed by atoms with Crippen molar-refractivity contribution in [3.63, 3.8) is 0 Å². The van der Waals surface area contributed by atoms with E-state index in [1.807, 2.05) is 6.92 Å². The molecule has 0 aromatic heterocycles. The first-order valence-corrected chi connectivity index (χ1v) is 9.67. The van der Waals surface area contributed by atoms with E-state index in [0.29, 0.717) is 0 Å². The molecule has 0 heterocycles. The van der Waals surface area contributed by atoms with Gasteiger partial charge >= 0.3 is 0 Å². The van der Waals surface area contributed by atoms with Gasteiger partial charge in [-0.25, -0.2) is 4.99 Å². The van der Waals surface area contributed by atoms with Crippen LogP contribution in [0.3, 0.4) is 0 Å². The maximum atomic E-state index is 4.96. The Bertz CT molecular complexity index is 887. The Balaban J connectivity index is 0.00000392. The summed E-state index contributed by atoms with van der Waals surface area (Å²) in [4.78, 5) is 9.84. The van der Waals surface area contributed by atoms with Crippen molar-refractivity contribution in [2.45, 2.75) is 60.8 Å². The molecule has 3 heteroatoms. The Morgan fingerprint density at radius 2 is 1.25 bits per heavy atom. The maximum Gasteiger partial charge on any atom is 0.135 e. The number of unbranched alkanes of at least 4 members (excludes halogenated alkanes) is 1. The first kappa shape index (κ1) is 23.9. The molecule has 2 rings (SSSR count). The monoisotopic (exact) mass is 416 g/mol. The first-order valence-electron chi connectivity index (χ1n) is 9.67. The topological polar surface area (TPSA) is 24.7 Å². The van der Waals surface area contributed by atoms with Crippen LogP contribution >= 0.6 is 0 Å². The summed E-state index contributed by atoms with van der Waals surface area (Å²) < 4.78 is 0. The molecular weight excluding hydrogens is 387 g/mol. The molecule has 2 aromatic rings. The van der Waals surface area contributed by atoms with Crippen molar-refractivity contribution < 1.29 is 16.5 Å². The predicted molar refractivity (Wildman–Crippen MR) is 119 cm³/mol. The van der Waals surface area contributed by atoms with Crippen LogP contribution in [0.2, 0.25) is 0 Å². The molecule has 0 amide bonds. The van der Waals surface area contributed by atoms with E-state index in [1.54, 1.807) is 0 Å². The number of rotatable bonds is 6. The van der Waals surface area contributed by atoms with Gasteiger partial charge < -0.3 is 0 Å². The van der Waals surface area contributed by atoms with Gasteiger partial charge in [0.2, 0.25) is 0 Å². The van der Waals surface area contributed by atoms with Crippen LogP contribution in [0.4, 0.5) is 11.4 Å². The van der Waals surface area contributed by atoms with Crippen molar-refractivity contribution >= 4 is 22.8 Å². The minimum atomic E-state index is 0. The maximum absolute atomic E-state index is 4.96. The zero-order valence-electron chi connectivity index (χ0n) is 17.8. The van der Waals surface area contributed by atoms with E-state index in [4.69, 9.17) is 9.98 Å².